The molecule has 0 amide bonds. The summed E-state index contributed by atoms with van der Waals surface area (Å²) in [5.41, 5.74) is 21.5. The maximum absolute atomic E-state index is 12.4. The average molecular weight is 1180 g/mol. The van der Waals surface area contributed by atoms with E-state index in [1.807, 2.05) is 50.2 Å². The Balaban J connectivity index is 0.000000220. The third-order valence-electron chi connectivity index (χ3n) is 25.1. The molecular weight excluding hydrogens is 1050 g/mol. The Bertz CT molecular complexity index is 2790. The fourth-order valence-corrected chi connectivity index (χ4v) is 15.5. The van der Waals surface area contributed by atoms with Crippen molar-refractivity contribution in [2.75, 3.05) is 0 Å². The molecule has 10 rings (SSSR count). The Hall–Kier alpha value is -4.49. The monoisotopic (exact) mass is 1180 g/mol. The number of ketones is 1. The van der Waals surface area contributed by atoms with Crippen LogP contribution in [0, 0.1) is 190 Å². The van der Waals surface area contributed by atoms with Gasteiger partial charge in [-0.05, 0) is 306 Å². The van der Waals surface area contributed by atoms with Crippen molar-refractivity contribution in [2.24, 2.45) is 107 Å². The number of fused-ring (bicyclic) bond motifs is 2. The molecular formula is C86H132O. The highest BCUT2D eigenvalue weighted by molar-refractivity contribution is 6.09. The summed E-state index contributed by atoms with van der Waals surface area (Å²) in [6.07, 6.45) is 11.1. The van der Waals surface area contributed by atoms with Gasteiger partial charge in [-0.1, -0.05) is 214 Å². The van der Waals surface area contributed by atoms with Gasteiger partial charge in [-0.25, -0.2) is 0 Å². The third-order valence-corrected chi connectivity index (χ3v) is 25.1. The predicted octanol–water partition coefficient (Wildman–Crippen LogP) is 25.4. The second kappa shape index (κ2) is 34.1. The van der Waals surface area contributed by atoms with Gasteiger partial charge in [-0.2, -0.15) is 0 Å². The van der Waals surface area contributed by atoms with Gasteiger partial charge in [0.15, 0.2) is 5.78 Å². The van der Waals surface area contributed by atoms with Crippen LogP contribution in [0.3, 0.4) is 0 Å². The van der Waals surface area contributed by atoms with Crippen LogP contribution in [0.25, 0.3) is 11.1 Å². The summed E-state index contributed by atoms with van der Waals surface area (Å²) in [5.74, 6) is 17.6. The lowest BCUT2D eigenvalue weighted by Crippen LogP contribution is -2.39. The van der Waals surface area contributed by atoms with Crippen molar-refractivity contribution in [3.63, 3.8) is 0 Å². The van der Waals surface area contributed by atoms with E-state index in [0.717, 1.165) is 129 Å². The highest BCUT2D eigenvalue weighted by Crippen LogP contribution is 2.58. The number of hydrogen-bond acceptors (Lipinski definition) is 1. The van der Waals surface area contributed by atoms with Crippen molar-refractivity contribution in [1.82, 2.24) is 0 Å². The van der Waals surface area contributed by atoms with E-state index in [1.165, 1.54) is 98.9 Å². The molecule has 14 atom stereocenters. The first-order valence-corrected chi connectivity index (χ1v) is 35.3. The number of rotatable bonds is 7. The van der Waals surface area contributed by atoms with E-state index in [4.69, 9.17) is 0 Å². The Kier molecular flexibility index (Phi) is 29.4. The fourth-order valence-electron chi connectivity index (χ4n) is 15.5. The highest BCUT2D eigenvalue weighted by Gasteiger charge is 2.52. The van der Waals surface area contributed by atoms with Gasteiger partial charge in [0.05, 0.1) is 0 Å². The summed E-state index contributed by atoms with van der Waals surface area (Å²) >= 11 is 0. The van der Waals surface area contributed by atoms with Crippen LogP contribution >= 0.6 is 0 Å². The van der Waals surface area contributed by atoms with Crippen LogP contribution in [0.5, 0.6) is 0 Å². The first kappa shape index (κ1) is 75.0. The van der Waals surface area contributed by atoms with Crippen LogP contribution in [-0.2, 0) is 0 Å². The van der Waals surface area contributed by atoms with Gasteiger partial charge in [0, 0.05) is 11.1 Å². The lowest BCUT2D eigenvalue weighted by atomic mass is 9.60. The number of aryl methyl sites for hydroxylation is 12. The van der Waals surface area contributed by atoms with E-state index in [1.54, 1.807) is 12.0 Å². The molecule has 0 aromatic heterocycles. The molecule has 5 aromatic carbocycles. The number of carbonyl (C=O) groups excluding carboxylic acids is 1. The predicted molar refractivity (Wildman–Crippen MR) is 387 cm³/mol. The first-order valence-electron chi connectivity index (χ1n) is 35.3. The van der Waals surface area contributed by atoms with Crippen molar-refractivity contribution < 1.29 is 4.79 Å². The van der Waals surface area contributed by atoms with Gasteiger partial charge >= 0.3 is 0 Å². The zero-order valence-corrected chi connectivity index (χ0v) is 61.7. The van der Waals surface area contributed by atoms with Gasteiger partial charge in [-0.15, -0.1) is 0 Å². The molecule has 4 fully saturated rings. The first-order chi connectivity index (χ1) is 40.7. The second-order valence-corrected chi connectivity index (χ2v) is 30.3. The van der Waals surface area contributed by atoms with Crippen molar-refractivity contribution in [1.29, 1.82) is 0 Å². The second-order valence-electron chi connectivity index (χ2n) is 30.3. The van der Waals surface area contributed by atoms with Crippen LogP contribution in [0.15, 0.2) is 96.6 Å². The SMILES string of the molecule is CC1C(C)C(C)C1C.CCC1C2CC([C@H]1C)[C@H](C)[C@@H]2C.CCC1C[C@H](C)[C@H](C)[C@@H]1C.CC[C@H](C)C1C=C(C)[C@H](C)[C@H](C)C1.Cc1cc(C)c(C)cc1C.Cc1ccc(-c2ccc(C)c(C)c2)cc1C.Cc1ccc(C(=O)c2ccc(C)c(C)c2)cc1C. The quantitative estimate of drug-likeness (QED) is 0.117. The van der Waals surface area contributed by atoms with E-state index >= 15 is 0 Å². The maximum atomic E-state index is 12.4. The molecule has 5 aliphatic carbocycles. The number of hydrogen-bond donors (Lipinski definition) is 0. The molecule has 0 N–H and O–H groups in total. The standard InChI is InChI=1S/C17H18O.C16H18.C13H24.C12H22.C10H14.C10H20.C8H16/c1-11-5-7-15(9-13(11)3)17(18)16-8-6-12(2)14(4)10-16;1-11-5-7-15(9-13(11)3)16-8-6-12(2)14(4)10-16;1-6-9(2)13-7-10(3)12(5)11(4)8-13;1-5-10-9(4)11-6-12(10)8(3)7(11)2;1-7-5-9(3)10(4)6-8(7)2;1-5-10-6-7(2)8(3)9(10)4;1-5-6(2)8(4)7(5)3/h5-10H,1-4H3;5-10H,1-4H3;7,9,11-13H,6,8H2,1-5H3;7-12H,5-6H2,1-4H3;5-6H,1-4H3;7-10H,5-6H2,1-4H3;5-8H,1-4H3/t;;9-,11+,12-,13?;7-,8+,9+,10?,11?,12?;;7-,8-,9-,10?;/m..01.0./s1. The van der Waals surface area contributed by atoms with Crippen LogP contribution in [0.1, 0.15) is 239 Å². The molecule has 4 saturated carbocycles. The van der Waals surface area contributed by atoms with Gasteiger partial charge < -0.3 is 0 Å². The van der Waals surface area contributed by atoms with Gasteiger partial charge in [0.1, 0.15) is 0 Å². The van der Waals surface area contributed by atoms with E-state index in [0.29, 0.717) is 0 Å². The molecule has 0 saturated heterocycles. The lowest BCUT2D eigenvalue weighted by molar-refractivity contribution is 0.0302. The minimum atomic E-state index is 0.0983. The van der Waals surface area contributed by atoms with Crippen molar-refractivity contribution in [3.05, 3.63) is 174 Å². The molecule has 1 nitrogen and oxygen atoms in total. The molecule has 5 unspecified atom stereocenters. The smallest absolute Gasteiger partial charge is 0.193 e. The molecule has 0 heterocycles. The minimum absolute atomic E-state index is 0.0983. The number of carbonyl (C=O) groups is 1. The third kappa shape index (κ3) is 19.8. The molecule has 2 bridgehead atoms. The zero-order valence-electron chi connectivity index (χ0n) is 61.7. The fraction of sp³-hybridized carbons (Fsp3) is 0.616. The average Bonchev–Trinajstić information content (AvgIpc) is 1.93. The van der Waals surface area contributed by atoms with Crippen LogP contribution in [0.2, 0.25) is 0 Å². The normalized spacial score (nSPS) is 29.4. The summed E-state index contributed by atoms with van der Waals surface area (Å²) in [6.45, 7) is 66.0. The zero-order chi connectivity index (χ0) is 65.6. The number of benzene rings is 5. The minimum Gasteiger partial charge on any atom is -0.289 e. The van der Waals surface area contributed by atoms with Crippen LogP contribution < -0.4 is 0 Å². The van der Waals surface area contributed by atoms with Crippen molar-refractivity contribution in [3.8, 4) is 11.1 Å². The number of allylic oxidation sites excluding steroid dienone is 2. The van der Waals surface area contributed by atoms with Crippen LogP contribution in [-0.4, -0.2) is 5.78 Å². The Morgan fingerprint density at radius 1 is 0.379 bits per heavy atom. The Labute approximate surface area is 539 Å². The van der Waals surface area contributed by atoms with Gasteiger partial charge in [0.25, 0.3) is 0 Å². The maximum Gasteiger partial charge on any atom is 0.193 e. The molecule has 5 aromatic rings. The molecule has 0 spiro atoms. The summed E-state index contributed by atoms with van der Waals surface area (Å²) in [4.78, 5) is 12.4. The summed E-state index contributed by atoms with van der Waals surface area (Å²) in [6, 6.07) is 29.5. The largest absolute Gasteiger partial charge is 0.289 e. The van der Waals surface area contributed by atoms with Gasteiger partial charge in [0.2, 0.25) is 0 Å². The molecule has 5 aliphatic rings. The Morgan fingerprint density at radius 2 is 0.759 bits per heavy atom. The topological polar surface area (TPSA) is 17.1 Å². The van der Waals surface area contributed by atoms with E-state index < -0.39 is 0 Å². The van der Waals surface area contributed by atoms with Crippen molar-refractivity contribution in [2.45, 2.75) is 239 Å². The molecule has 1 heteroatoms. The molecule has 482 valence electrons. The highest BCUT2D eigenvalue weighted by atomic mass is 16.1. The summed E-state index contributed by atoms with van der Waals surface area (Å²) in [7, 11) is 0. The molecule has 87 heavy (non-hydrogen) atoms. The van der Waals surface area contributed by atoms with E-state index in [9.17, 15) is 4.79 Å². The van der Waals surface area contributed by atoms with Gasteiger partial charge in [-0.3, -0.25) is 4.79 Å². The molecule has 0 aliphatic heterocycles. The Morgan fingerprint density at radius 3 is 1.07 bits per heavy atom. The molecule has 0 radical (unpaired) electrons. The summed E-state index contributed by atoms with van der Waals surface area (Å²) in [5, 5.41) is 0. The summed E-state index contributed by atoms with van der Waals surface area (Å²) < 4.78 is 0. The van der Waals surface area contributed by atoms with E-state index in [2.05, 4.69) is 242 Å². The van der Waals surface area contributed by atoms with E-state index in [-0.39, 0.29) is 5.78 Å². The lowest BCUT2D eigenvalue weighted by Gasteiger charge is -2.45. The van der Waals surface area contributed by atoms with Crippen LogP contribution in [0.4, 0.5) is 0 Å². The van der Waals surface area contributed by atoms with Crippen molar-refractivity contribution >= 4 is 5.78 Å².